The Kier molecular flexibility index (Phi) is 3.27. The molecule has 112 valence electrons. The van der Waals surface area contributed by atoms with Gasteiger partial charge in [0.15, 0.2) is 5.60 Å². The van der Waals surface area contributed by atoms with Gasteiger partial charge in [-0.1, -0.05) is 18.2 Å². The van der Waals surface area contributed by atoms with Crippen LogP contribution in [0.4, 0.5) is 0 Å². The van der Waals surface area contributed by atoms with Crippen molar-refractivity contribution in [1.29, 1.82) is 0 Å². The van der Waals surface area contributed by atoms with E-state index in [0.717, 1.165) is 18.4 Å². The van der Waals surface area contributed by atoms with E-state index in [0.29, 0.717) is 18.0 Å². The maximum Gasteiger partial charge on any atom is 0.339 e. The van der Waals surface area contributed by atoms with Crippen molar-refractivity contribution >= 4 is 11.9 Å². The molecular formula is C17H21NO3. The van der Waals surface area contributed by atoms with Crippen molar-refractivity contribution in [3.8, 4) is 0 Å². The molecule has 1 fully saturated rings. The molecule has 1 heterocycles. The van der Waals surface area contributed by atoms with Gasteiger partial charge < -0.3 is 9.64 Å². The third-order valence-corrected chi connectivity index (χ3v) is 4.27. The van der Waals surface area contributed by atoms with Gasteiger partial charge in [0.1, 0.15) is 0 Å². The molecule has 1 aliphatic carbocycles. The van der Waals surface area contributed by atoms with Crippen LogP contribution < -0.4 is 0 Å². The van der Waals surface area contributed by atoms with Crippen LogP contribution in [0.25, 0.3) is 0 Å². The number of ether oxygens (including phenoxy) is 1. The minimum atomic E-state index is -1.09. The molecule has 0 radical (unpaired) electrons. The highest BCUT2D eigenvalue weighted by Crippen LogP contribution is 2.35. The number of hydrogen-bond acceptors (Lipinski definition) is 3. The zero-order valence-electron chi connectivity index (χ0n) is 12.8. The summed E-state index contributed by atoms with van der Waals surface area (Å²) < 4.78 is 5.54. The Labute approximate surface area is 125 Å². The molecule has 4 heteroatoms. The SMILES string of the molecule is CC(C)N(C(=O)C1(C)Cc2ccccc2C(=O)O1)C1CC1. The Hall–Kier alpha value is -1.84. The van der Waals surface area contributed by atoms with Gasteiger partial charge in [0.05, 0.1) is 5.56 Å². The summed E-state index contributed by atoms with van der Waals surface area (Å²) in [6.07, 6.45) is 2.54. The zero-order chi connectivity index (χ0) is 15.2. The van der Waals surface area contributed by atoms with Gasteiger partial charge in [-0.15, -0.1) is 0 Å². The Morgan fingerprint density at radius 2 is 2.00 bits per heavy atom. The number of esters is 1. The summed E-state index contributed by atoms with van der Waals surface area (Å²) in [5, 5.41) is 0. The molecule has 3 rings (SSSR count). The van der Waals surface area contributed by atoms with E-state index in [1.54, 1.807) is 13.0 Å². The van der Waals surface area contributed by atoms with Gasteiger partial charge >= 0.3 is 5.97 Å². The Balaban J connectivity index is 1.91. The van der Waals surface area contributed by atoms with Crippen molar-refractivity contribution in [2.75, 3.05) is 0 Å². The van der Waals surface area contributed by atoms with Crippen LogP contribution in [0.5, 0.6) is 0 Å². The highest BCUT2D eigenvalue weighted by molar-refractivity contribution is 5.97. The van der Waals surface area contributed by atoms with Crippen molar-refractivity contribution in [1.82, 2.24) is 4.90 Å². The topological polar surface area (TPSA) is 46.6 Å². The molecule has 1 unspecified atom stereocenters. The van der Waals surface area contributed by atoms with Crippen molar-refractivity contribution in [2.45, 2.75) is 57.7 Å². The molecule has 1 aliphatic heterocycles. The first-order valence-electron chi connectivity index (χ1n) is 7.56. The lowest BCUT2D eigenvalue weighted by Crippen LogP contribution is -2.55. The monoisotopic (exact) mass is 287 g/mol. The first-order valence-corrected chi connectivity index (χ1v) is 7.56. The molecule has 1 amide bonds. The van der Waals surface area contributed by atoms with E-state index in [1.807, 2.05) is 36.9 Å². The summed E-state index contributed by atoms with van der Waals surface area (Å²) in [6.45, 7) is 5.76. The maximum atomic E-state index is 12.9. The standard InChI is InChI=1S/C17H21NO3/c1-11(2)18(13-8-9-13)16(20)17(3)10-12-6-4-5-7-14(12)15(19)21-17/h4-7,11,13H,8-10H2,1-3H3. The molecule has 0 spiro atoms. The number of carbonyl (C=O) groups excluding carboxylic acids is 2. The molecular weight excluding hydrogens is 266 g/mol. The smallest absolute Gasteiger partial charge is 0.339 e. The first-order chi connectivity index (χ1) is 9.92. The quantitative estimate of drug-likeness (QED) is 0.803. The van der Waals surface area contributed by atoms with Crippen molar-refractivity contribution in [3.63, 3.8) is 0 Å². The average Bonchev–Trinajstić information content (AvgIpc) is 3.23. The first kappa shape index (κ1) is 14.1. The van der Waals surface area contributed by atoms with Crippen LogP contribution in [-0.4, -0.2) is 34.5 Å². The number of fused-ring (bicyclic) bond motifs is 1. The van der Waals surface area contributed by atoms with Gasteiger partial charge in [-0.2, -0.15) is 0 Å². The van der Waals surface area contributed by atoms with Crippen LogP contribution in [-0.2, 0) is 16.0 Å². The van der Waals surface area contributed by atoms with Crippen LogP contribution in [0.15, 0.2) is 24.3 Å². The van der Waals surface area contributed by atoms with Gasteiger partial charge in [-0.05, 0) is 45.2 Å². The molecule has 1 atom stereocenters. The van der Waals surface area contributed by atoms with Gasteiger partial charge in [0, 0.05) is 18.5 Å². The van der Waals surface area contributed by atoms with Crippen LogP contribution in [0.2, 0.25) is 0 Å². The predicted molar refractivity (Wildman–Crippen MR) is 79.0 cm³/mol. The fourth-order valence-electron chi connectivity index (χ4n) is 3.10. The minimum Gasteiger partial charge on any atom is -0.445 e. The number of cyclic esters (lactones) is 1. The van der Waals surface area contributed by atoms with Gasteiger partial charge in [-0.3, -0.25) is 4.79 Å². The van der Waals surface area contributed by atoms with Crippen molar-refractivity contribution in [2.24, 2.45) is 0 Å². The molecule has 4 nitrogen and oxygen atoms in total. The molecule has 1 aromatic rings. The highest BCUT2D eigenvalue weighted by Gasteiger charge is 2.48. The highest BCUT2D eigenvalue weighted by atomic mass is 16.6. The molecule has 0 aromatic heterocycles. The molecule has 2 aliphatic rings. The second kappa shape index (κ2) is 4.86. The minimum absolute atomic E-state index is 0.0668. The molecule has 1 saturated carbocycles. The lowest BCUT2D eigenvalue weighted by atomic mass is 9.88. The zero-order valence-corrected chi connectivity index (χ0v) is 12.8. The summed E-state index contributed by atoms with van der Waals surface area (Å²) in [7, 11) is 0. The normalized spacial score (nSPS) is 24.5. The van der Waals surface area contributed by atoms with Crippen LogP contribution >= 0.6 is 0 Å². The van der Waals surface area contributed by atoms with Gasteiger partial charge in [0.2, 0.25) is 0 Å². The number of rotatable bonds is 3. The molecule has 1 aromatic carbocycles. The van der Waals surface area contributed by atoms with E-state index >= 15 is 0 Å². The number of nitrogens with zero attached hydrogens (tertiary/aromatic N) is 1. The Bertz CT molecular complexity index is 589. The Morgan fingerprint density at radius 3 is 2.62 bits per heavy atom. The number of carbonyl (C=O) groups is 2. The summed E-state index contributed by atoms with van der Waals surface area (Å²) in [6, 6.07) is 7.79. The number of hydrogen-bond donors (Lipinski definition) is 0. The molecule has 0 bridgehead atoms. The molecule has 0 saturated heterocycles. The molecule has 0 N–H and O–H groups in total. The van der Waals surface area contributed by atoms with Crippen molar-refractivity contribution < 1.29 is 14.3 Å². The lowest BCUT2D eigenvalue weighted by molar-refractivity contribution is -0.153. The predicted octanol–water partition coefficient (Wildman–Crippen LogP) is 2.56. The van der Waals surface area contributed by atoms with Crippen LogP contribution in [0.3, 0.4) is 0 Å². The fraction of sp³-hybridized carbons (Fsp3) is 0.529. The largest absolute Gasteiger partial charge is 0.445 e. The van der Waals surface area contributed by atoms with E-state index in [4.69, 9.17) is 4.74 Å². The summed E-state index contributed by atoms with van der Waals surface area (Å²) in [5.74, 6) is -0.463. The third kappa shape index (κ3) is 2.43. The maximum absolute atomic E-state index is 12.9. The molecule has 21 heavy (non-hydrogen) atoms. The van der Waals surface area contributed by atoms with E-state index in [2.05, 4.69) is 0 Å². The van der Waals surface area contributed by atoms with Crippen molar-refractivity contribution in [3.05, 3.63) is 35.4 Å². The summed E-state index contributed by atoms with van der Waals surface area (Å²) in [5.41, 5.74) is 0.382. The van der Waals surface area contributed by atoms with E-state index in [-0.39, 0.29) is 11.9 Å². The second-order valence-corrected chi connectivity index (χ2v) is 6.49. The van der Waals surface area contributed by atoms with Gasteiger partial charge in [0.25, 0.3) is 5.91 Å². The summed E-state index contributed by atoms with van der Waals surface area (Å²) in [4.78, 5) is 27.0. The van der Waals surface area contributed by atoms with Crippen LogP contribution in [0.1, 0.15) is 49.5 Å². The second-order valence-electron chi connectivity index (χ2n) is 6.49. The number of benzene rings is 1. The van der Waals surface area contributed by atoms with E-state index in [1.165, 1.54) is 0 Å². The lowest BCUT2D eigenvalue weighted by Gasteiger charge is -2.39. The van der Waals surface area contributed by atoms with Gasteiger partial charge in [-0.25, -0.2) is 4.79 Å². The van der Waals surface area contributed by atoms with Crippen LogP contribution in [0, 0.1) is 0 Å². The Morgan fingerprint density at radius 1 is 1.33 bits per heavy atom. The fourth-order valence-corrected chi connectivity index (χ4v) is 3.10. The third-order valence-electron chi connectivity index (χ3n) is 4.27. The van der Waals surface area contributed by atoms with E-state index < -0.39 is 11.6 Å². The van der Waals surface area contributed by atoms with E-state index in [9.17, 15) is 9.59 Å². The average molecular weight is 287 g/mol. The summed E-state index contributed by atoms with van der Waals surface area (Å²) >= 11 is 0. The number of amides is 1.